The molecule has 2 aromatic carbocycles. The molecular weight excluding hydrogens is 354 g/mol. The maximum absolute atomic E-state index is 12.4. The van der Waals surface area contributed by atoms with Crippen molar-refractivity contribution >= 4 is 22.6 Å². The number of aryl methyl sites for hydroxylation is 1. The van der Waals surface area contributed by atoms with Gasteiger partial charge in [-0.3, -0.25) is 0 Å². The summed E-state index contributed by atoms with van der Waals surface area (Å²) in [6.07, 6.45) is 2.89. The van der Waals surface area contributed by atoms with Crippen LogP contribution in [0.2, 0.25) is 0 Å². The van der Waals surface area contributed by atoms with Crippen molar-refractivity contribution in [2.24, 2.45) is 5.92 Å². The molecule has 2 amide bonds. The molecule has 1 fully saturated rings. The molecule has 6 heteroatoms. The van der Waals surface area contributed by atoms with E-state index in [4.69, 9.17) is 9.47 Å². The number of hydrogen-bond donors (Lipinski definition) is 3. The lowest BCUT2D eigenvalue weighted by Crippen LogP contribution is -2.28. The fourth-order valence-corrected chi connectivity index (χ4v) is 3.40. The van der Waals surface area contributed by atoms with Gasteiger partial charge in [-0.2, -0.15) is 0 Å². The molecule has 28 heavy (non-hydrogen) atoms. The highest BCUT2D eigenvalue weighted by molar-refractivity contribution is 6.00. The molecule has 3 N–H and O–H groups in total. The van der Waals surface area contributed by atoms with Gasteiger partial charge in [0.1, 0.15) is 5.75 Å². The fourth-order valence-electron chi connectivity index (χ4n) is 3.40. The summed E-state index contributed by atoms with van der Waals surface area (Å²) in [5.74, 6) is 1.26. The molecule has 3 aromatic rings. The number of aromatic amines is 1. The Morgan fingerprint density at radius 1 is 1.29 bits per heavy atom. The predicted molar refractivity (Wildman–Crippen MR) is 110 cm³/mol. The van der Waals surface area contributed by atoms with Crippen LogP contribution in [0.4, 0.5) is 10.5 Å². The highest BCUT2D eigenvalue weighted by Crippen LogP contribution is 2.24. The number of nitrogens with one attached hydrogen (secondary N) is 3. The zero-order valence-electron chi connectivity index (χ0n) is 16.0. The normalized spacial score (nSPS) is 16.2. The Balaban J connectivity index is 1.38. The maximum Gasteiger partial charge on any atom is 0.319 e. The fraction of sp³-hybridized carbons (Fsp3) is 0.318. The van der Waals surface area contributed by atoms with E-state index in [0.717, 1.165) is 53.1 Å². The highest BCUT2D eigenvalue weighted by Gasteiger charge is 2.17. The first-order chi connectivity index (χ1) is 13.7. The summed E-state index contributed by atoms with van der Waals surface area (Å²) in [7, 11) is 0. The van der Waals surface area contributed by atoms with Gasteiger partial charge in [-0.1, -0.05) is 18.2 Å². The van der Waals surface area contributed by atoms with Crippen LogP contribution < -0.4 is 15.4 Å². The molecule has 1 atom stereocenters. The standard InChI is InChI=1S/C22H25N3O3/c1-15-5-6-17(21(11-15)28-14-16-8-10-27-13-16)12-24-22(26)25-20-4-2-3-19-18(20)7-9-23-19/h2-7,9,11,16,23H,8,10,12-14H2,1H3,(H2,24,25,26). The van der Waals surface area contributed by atoms with Crippen LogP contribution in [0.3, 0.4) is 0 Å². The predicted octanol–water partition coefficient (Wildman–Crippen LogP) is 4.21. The average molecular weight is 379 g/mol. The van der Waals surface area contributed by atoms with E-state index in [0.29, 0.717) is 19.1 Å². The van der Waals surface area contributed by atoms with Crippen LogP contribution in [-0.4, -0.2) is 30.8 Å². The van der Waals surface area contributed by atoms with E-state index in [-0.39, 0.29) is 6.03 Å². The van der Waals surface area contributed by atoms with E-state index in [1.54, 1.807) is 0 Å². The van der Waals surface area contributed by atoms with Crippen LogP contribution in [0.15, 0.2) is 48.7 Å². The lowest BCUT2D eigenvalue weighted by Gasteiger charge is -2.16. The molecular formula is C22H25N3O3. The Bertz CT molecular complexity index is 961. The van der Waals surface area contributed by atoms with E-state index in [1.165, 1.54) is 0 Å². The molecule has 6 nitrogen and oxygen atoms in total. The molecule has 1 saturated heterocycles. The lowest BCUT2D eigenvalue weighted by atomic mass is 10.1. The van der Waals surface area contributed by atoms with Crippen molar-refractivity contribution < 1.29 is 14.3 Å². The van der Waals surface area contributed by atoms with Gasteiger partial charge >= 0.3 is 6.03 Å². The monoisotopic (exact) mass is 379 g/mol. The molecule has 0 bridgehead atoms. The summed E-state index contributed by atoms with van der Waals surface area (Å²) in [5.41, 5.74) is 3.85. The van der Waals surface area contributed by atoms with Crippen LogP contribution in [0.5, 0.6) is 5.75 Å². The summed E-state index contributed by atoms with van der Waals surface area (Å²) in [6, 6.07) is 13.5. The van der Waals surface area contributed by atoms with Crippen LogP contribution in [0.25, 0.3) is 10.9 Å². The van der Waals surface area contributed by atoms with E-state index < -0.39 is 0 Å². The SMILES string of the molecule is Cc1ccc(CNC(=O)Nc2cccc3[nH]ccc23)c(OCC2CCOC2)c1. The lowest BCUT2D eigenvalue weighted by molar-refractivity contribution is 0.166. The van der Waals surface area contributed by atoms with Gasteiger partial charge in [-0.25, -0.2) is 4.79 Å². The van der Waals surface area contributed by atoms with Crippen molar-refractivity contribution in [1.82, 2.24) is 10.3 Å². The number of rotatable bonds is 6. The number of fused-ring (bicyclic) bond motifs is 1. The Kier molecular flexibility index (Phi) is 5.48. The number of carbonyl (C=O) groups is 1. The number of benzene rings is 2. The summed E-state index contributed by atoms with van der Waals surface area (Å²) in [6.45, 7) is 4.63. The van der Waals surface area contributed by atoms with E-state index in [9.17, 15) is 4.79 Å². The zero-order valence-corrected chi connectivity index (χ0v) is 16.0. The molecule has 1 aliphatic heterocycles. The summed E-state index contributed by atoms with van der Waals surface area (Å²) in [5, 5.41) is 6.83. The number of ether oxygens (including phenoxy) is 2. The highest BCUT2D eigenvalue weighted by atomic mass is 16.5. The van der Waals surface area contributed by atoms with Crippen molar-refractivity contribution in [2.45, 2.75) is 19.9 Å². The Hall–Kier alpha value is -2.99. The number of urea groups is 1. The molecule has 1 aromatic heterocycles. The summed E-state index contributed by atoms with van der Waals surface area (Å²) in [4.78, 5) is 15.6. The van der Waals surface area contributed by atoms with Crippen LogP contribution >= 0.6 is 0 Å². The average Bonchev–Trinajstić information content (AvgIpc) is 3.38. The van der Waals surface area contributed by atoms with E-state index >= 15 is 0 Å². The Labute approximate surface area is 164 Å². The quantitative estimate of drug-likeness (QED) is 0.600. The van der Waals surface area contributed by atoms with Crippen LogP contribution in [-0.2, 0) is 11.3 Å². The molecule has 2 heterocycles. The van der Waals surface area contributed by atoms with Gasteiger partial charge in [-0.15, -0.1) is 0 Å². The number of H-pyrrole nitrogens is 1. The minimum atomic E-state index is -0.246. The Morgan fingerprint density at radius 2 is 2.21 bits per heavy atom. The third kappa shape index (κ3) is 4.28. The second-order valence-corrected chi connectivity index (χ2v) is 7.20. The van der Waals surface area contributed by atoms with Crippen LogP contribution in [0.1, 0.15) is 17.5 Å². The van der Waals surface area contributed by atoms with Gasteiger partial charge in [0, 0.05) is 41.7 Å². The van der Waals surface area contributed by atoms with Crippen molar-refractivity contribution in [3.8, 4) is 5.75 Å². The van der Waals surface area contributed by atoms with Gasteiger partial charge in [-0.05, 0) is 43.2 Å². The third-order valence-corrected chi connectivity index (χ3v) is 5.00. The maximum atomic E-state index is 12.4. The molecule has 0 radical (unpaired) electrons. The van der Waals surface area contributed by atoms with E-state index in [2.05, 4.69) is 15.6 Å². The van der Waals surface area contributed by atoms with Gasteiger partial charge in [0.15, 0.2) is 0 Å². The van der Waals surface area contributed by atoms with Crippen LogP contribution in [0, 0.1) is 12.8 Å². The Morgan fingerprint density at radius 3 is 3.07 bits per heavy atom. The molecule has 146 valence electrons. The zero-order chi connectivity index (χ0) is 19.3. The van der Waals surface area contributed by atoms with Crippen molar-refractivity contribution in [3.63, 3.8) is 0 Å². The minimum Gasteiger partial charge on any atom is -0.493 e. The number of anilines is 1. The number of carbonyl (C=O) groups excluding carboxylic acids is 1. The topological polar surface area (TPSA) is 75.4 Å². The first-order valence-electron chi connectivity index (χ1n) is 9.60. The van der Waals surface area contributed by atoms with E-state index in [1.807, 2.05) is 55.6 Å². The van der Waals surface area contributed by atoms with Crippen molar-refractivity contribution in [2.75, 3.05) is 25.1 Å². The second-order valence-electron chi connectivity index (χ2n) is 7.20. The molecule has 0 saturated carbocycles. The first kappa shape index (κ1) is 18.4. The molecule has 0 spiro atoms. The number of amides is 2. The summed E-state index contributed by atoms with van der Waals surface area (Å²) >= 11 is 0. The molecule has 1 unspecified atom stereocenters. The van der Waals surface area contributed by atoms with Crippen molar-refractivity contribution in [3.05, 3.63) is 59.8 Å². The minimum absolute atomic E-state index is 0.246. The van der Waals surface area contributed by atoms with Gasteiger partial charge in [0.2, 0.25) is 0 Å². The van der Waals surface area contributed by atoms with Gasteiger partial charge in [0.25, 0.3) is 0 Å². The van der Waals surface area contributed by atoms with Crippen molar-refractivity contribution in [1.29, 1.82) is 0 Å². The number of hydrogen-bond acceptors (Lipinski definition) is 3. The summed E-state index contributed by atoms with van der Waals surface area (Å²) < 4.78 is 11.5. The third-order valence-electron chi connectivity index (χ3n) is 5.00. The molecule has 0 aliphatic carbocycles. The largest absolute Gasteiger partial charge is 0.493 e. The van der Waals surface area contributed by atoms with Gasteiger partial charge in [0.05, 0.1) is 18.9 Å². The number of aromatic nitrogens is 1. The first-order valence-corrected chi connectivity index (χ1v) is 9.60. The second kappa shape index (κ2) is 8.35. The molecule has 4 rings (SSSR count). The smallest absolute Gasteiger partial charge is 0.319 e. The molecule has 1 aliphatic rings. The van der Waals surface area contributed by atoms with Gasteiger partial charge < -0.3 is 25.1 Å².